The van der Waals surface area contributed by atoms with Gasteiger partial charge in [0.25, 0.3) is 0 Å². The van der Waals surface area contributed by atoms with Gasteiger partial charge in [-0.1, -0.05) is 72.8 Å². The smallest absolute Gasteiger partial charge is 0.123 e. The maximum atomic E-state index is 13.4. The fourth-order valence-corrected chi connectivity index (χ4v) is 3.42. The third-order valence-electron chi connectivity index (χ3n) is 4.92. The molecule has 0 nitrogen and oxygen atoms in total. The molecule has 0 atom stereocenters. The zero-order valence-corrected chi connectivity index (χ0v) is 15.2. The molecular weight excluding hydrogens is 331 g/mol. The number of halogens is 1. The number of fused-ring (bicyclic) bond motifs is 1. The molecular formula is C26H21F. The summed E-state index contributed by atoms with van der Waals surface area (Å²) >= 11 is 0. The van der Waals surface area contributed by atoms with Crippen LogP contribution in [-0.4, -0.2) is 0 Å². The average Bonchev–Trinajstić information content (AvgIpc) is 2.72. The van der Waals surface area contributed by atoms with Gasteiger partial charge in [0.15, 0.2) is 0 Å². The molecule has 0 aliphatic carbocycles. The predicted molar refractivity (Wildman–Crippen MR) is 113 cm³/mol. The van der Waals surface area contributed by atoms with Crippen molar-refractivity contribution in [1.82, 2.24) is 0 Å². The summed E-state index contributed by atoms with van der Waals surface area (Å²) in [6, 6.07) is 28.2. The topological polar surface area (TPSA) is 0 Å². The summed E-state index contributed by atoms with van der Waals surface area (Å²) in [7, 11) is 0. The monoisotopic (exact) mass is 352 g/mol. The Morgan fingerprint density at radius 1 is 0.667 bits per heavy atom. The summed E-state index contributed by atoms with van der Waals surface area (Å²) in [5, 5.41) is 2.50. The molecule has 0 amide bonds. The summed E-state index contributed by atoms with van der Waals surface area (Å²) in [6.07, 6.45) is 3.99. The molecule has 0 saturated heterocycles. The maximum absolute atomic E-state index is 13.4. The van der Waals surface area contributed by atoms with Crippen LogP contribution >= 0.6 is 0 Å². The van der Waals surface area contributed by atoms with Gasteiger partial charge in [-0.05, 0) is 69.6 Å². The van der Waals surface area contributed by atoms with Gasteiger partial charge in [0.1, 0.15) is 5.82 Å². The van der Waals surface area contributed by atoms with Gasteiger partial charge < -0.3 is 0 Å². The first-order chi connectivity index (χ1) is 13.2. The molecule has 4 aromatic carbocycles. The Balaban J connectivity index is 1.62. The van der Waals surface area contributed by atoms with Crippen LogP contribution in [0, 0.1) is 5.82 Å². The van der Waals surface area contributed by atoms with Gasteiger partial charge >= 0.3 is 0 Å². The lowest BCUT2D eigenvalue weighted by Gasteiger charge is -2.08. The quantitative estimate of drug-likeness (QED) is 0.328. The van der Waals surface area contributed by atoms with E-state index >= 15 is 0 Å². The Bertz CT molecular complexity index is 1090. The van der Waals surface area contributed by atoms with Crippen molar-refractivity contribution >= 4 is 10.8 Å². The van der Waals surface area contributed by atoms with E-state index in [-0.39, 0.29) is 5.82 Å². The van der Waals surface area contributed by atoms with Crippen LogP contribution < -0.4 is 0 Å². The van der Waals surface area contributed by atoms with Gasteiger partial charge in [-0.15, -0.1) is 6.58 Å². The van der Waals surface area contributed by atoms with Crippen molar-refractivity contribution in [1.29, 1.82) is 0 Å². The summed E-state index contributed by atoms with van der Waals surface area (Å²) < 4.78 is 13.4. The number of benzene rings is 4. The molecule has 0 aromatic heterocycles. The van der Waals surface area contributed by atoms with Crippen molar-refractivity contribution in [2.45, 2.75) is 12.8 Å². The zero-order chi connectivity index (χ0) is 18.6. The van der Waals surface area contributed by atoms with E-state index in [4.69, 9.17) is 0 Å². The van der Waals surface area contributed by atoms with Gasteiger partial charge in [0.2, 0.25) is 0 Å². The Labute approximate surface area is 159 Å². The van der Waals surface area contributed by atoms with Crippen molar-refractivity contribution < 1.29 is 4.39 Å². The standard InChI is InChI=1S/C26H21F/c1-2-3-5-19-8-9-25-17-24(15-14-23(25)16-19)21-12-10-20(11-13-21)22-6-4-7-26(27)18-22/h2,4,6-18H,1,3,5H2. The minimum absolute atomic E-state index is 0.210. The second-order valence-electron chi connectivity index (χ2n) is 6.81. The van der Waals surface area contributed by atoms with Crippen LogP contribution in [0.1, 0.15) is 12.0 Å². The van der Waals surface area contributed by atoms with Crippen molar-refractivity contribution in [2.75, 3.05) is 0 Å². The first-order valence-electron chi connectivity index (χ1n) is 9.23. The highest BCUT2D eigenvalue weighted by molar-refractivity contribution is 5.88. The summed E-state index contributed by atoms with van der Waals surface area (Å²) in [5.74, 6) is -0.210. The number of allylic oxidation sites excluding steroid dienone is 1. The molecule has 0 aliphatic heterocycles. The van der Waals surface area contributed by atoms with E-state index in [0.717, 1.165) is 29.5 Å². The molecule has 0 heterocycles. The van der Waals surface area contributed by atoms with Crippen LogP contribution in [0.25, 0.3) is 33.0 Å². The first-order valence-corrected chi connectivity index (χ1v) is 9.23. The van der Waals surface area contributed by atoms with E-state index in [1.165, 1.54) is 28.0 Å². The third-order valence-corrected chi connectivity index (χ3v) is 4.92. The number of aryl methyl sites for hydroxylation is 1. The molecule has 0 bridgehead atoms. The number of hydrogen-bond donors (Lipinski definition) is 0. The highest BCUT2D eigenvalue weighted by Crippen LogP contribution is 2.28. The molecule has 0 saturated carbocycles. The highest BCUT2D eigenvalue weighted by atomic mass is 19.1. The fraction of sp³-hybridized carbons (Fsp3) is 0.0769. The normalized spacial score (nSPS) is 10.9. The summed E-state index contributed by atoms with van der Waals surface area (Å²) in [4.78, 5) is 0. The maximum Gasteiger partial charge on any atom is 0.123 e. The van der Waals surface area contributed by atoms with E-state index in [1.54, 1.807) is 12.1 Å². The van der Waals surface area contributed by atoms with E-state index in [2.05, 4.69) is 55.1 Å². The lowest BCUT2D eigenvalue weighted by atomic mass is 9.97. The Hall–Kier alpha value is -3.19. The fourth-order valence-electron chi connectivity index (χ4n) is 3.42. The number of hydrogen-bond acceptors (Lipinski definition) is 0. The van der Waals surface area contributed by atoms with Gasteiger partial charge in [0, 0.05) is 0 Å². The van der Waals surface area contributed by atoms with Crippen molar-refractivity contribution in [3.05, 3.63) is 109 Å². The molecule has 0 radical (unpaired) electrons. The molecule has 4 rings (SSSR count). The molecule has 0 fully saturated rings. The van der Waals surface area contributed by atoms with E-state index in [9.17, 15) is 4.39 Å². The average molecular weight is 352 g/mol. The van der Waals surface area contributed by atoms with Crippen molar-refractivity contribution in [3.63, 3.8) is 0 Å². The lowest BCUT2D eigenvalue weighted by molar-refractivity contribution is 0.628. The molecule has 27 heavy (non-hydrogen) atoms. The van der Waals surface area contributed by atoms with Gasteiger partial charge in [-0.2, -0.15) is 0 Å². The van der Waals surface area contributed by atoms with E-state index in [0.29, 0.717) is 0 Å². The van der Waals surface area contributed by atoms with Crippen LogP contribution in [0.3, 0.4) is 0 Å². The Kier molecular flexibility index (Phi) is 4.84. The molecule has 0 N–H and O–H groups in total. The minimum atomic E-state index is -0.210. The SMILES string of the molecule is C=CCCc1ccc2cc(-c3ccc(-c4cccc(F)c4)cc3)ccc2c1. The van der Waals surface area contributed by atoms with Gasteiger partial charge in [0.05, 0.1) is 0 Å². The lowest BCUT2D eigenvalue weighted by Crippen LogP contribution is -1.85. The first kappa shape index (κ1) is 17.2. The van der Waals surface area contributed by atoms with E-state index in [1.807, 2.05) is 24.3 Å². The molecule has 0 aliphatic rings. The van der Waals surface area contributed by atoms with Crippen LogP contribution in [0.15, 0.2) is 97.6 Å². The second-order valence-corrected chi connectivity index (χ2v) is 6.81. The van der Waals surface area contributed by atoms with Gasteiger partial charge in [-0.3, -0.25) is 0 Å². The summed E-state index contributed by atoms with van der Waals surface area (Å²) in [6.45, 7) is 3.79. The number of rotatable bonds is 5. The van der Waals surface area contributed by atoms with Crippen molar-refractivity contribution in [3.8, 4) is 22.3 Å². The molecule has 1 heteroatoms. The zero-order valence-electron chi connectivity index (χ0n) is 15.2. The molecule has 4 aromatic rings. The highest BCUT2D eigenvalue weighted by Gasteiger charge is 2.03. The van der Waals surface area contributed by atoms with Crippen LogP contribution in [0.5, 0.6) is 0 Å². The third kappa shape index (κ3) is 3.83. The molecule has 0 spiro atoms. The van der Waals surface area contributed by atoms with Crippen LogP contribution in [0.2, 0.25) is 0 Å². The van der Waals surface area contributed by atoms with Crippen LogP contribution in [0.4, 0.5) is 4.39 Å². The van der Waals surface area contributed by atoms with E-state index < -0.39 is 0 Å². The second kappa shape index (κ2) is 7.59. The van der Waals surface area contributed by atoms with Crippen LogP contribution in [-0.2, 0) is 6.42 Å². The Morgan fingerprint density at radius 2 is 1.30 bits per heavy atom. The Morgan fingerprint density at radius 3 is 2.00 bits per heavy atom. The molecule has 132 valence electrons. The summed E-state index contributed by atoms with van der Waals surface area (Å²) in [5.41, 5.74) is 5.60. The van der Waals surface area contributed by atoms with Crippen molar-refractivity contribution in [2.24, 2.45) is 0 Å². The molecule has 0 unspecified atom stereocenters. The van der Waals surface area contributed by atoms with Gasteiger partial charge in [-0.25, -0.2) is 4.39 Å². The minimum Gasteiger partial charge on any atom is -0.207 e. The largest absolute Gasteiger partial charge is 0.207 e. The predicted octanol–water partition coefficient (Wildman–Crippen LogP) is 7.43.